The minimum Gasteiger partial charge on any atom is -0.461 e. The Kier molecular flexibility index (Phi) is 2.24. The molecule has 3 heteroatoms. The van der Waals surface area contributed by atoms with E-state index in [-0.39, 0.29) is 0 Å². The van der Waals surface area contributed by atoms with E-state index in [2.05, 4.69) is 38.8 Å². The monoisotopic (exact) mass is 302 g/mol. The molecule has 1 aromatic heterocycles. The summed E-state index contributed by atoms with van der Waals surface area (Å²) in [6.45, 7) is 4.02. The van der Waals surface area contributed by atoms with Crippen LogP contribution in [-0.2, 0) is 0 Å². The fraction of sp³-hybridized carbons (Fsp3) is 0.200. The van der Waals surface area contributed by atoms with Crippen molar-refractivity contribution in [3.63, 3.8) is 0 Å². The zero-order valence-electron chi connectivity index (χ0n) is 7.32. The molecule has 0 aliphatic carbocycles. The summed E-state index contributed by atoms with van der Waals surface area (Å²) < 4.78 is 7.70. The molecule has 0 amide bonds. The van der Waals surface area contributed by atoms with Crippen LogP contribution in [0.5, 0.6) is 0 Å². The molecule has 0 aliphatic heterocycles. The highest BCUT2D eigenvalue weighted by Gasteiger charge is 2.09. The maximum absolute atomic E-state index is 5.52. The Hall–Kier alpha value is -0.280. The van der Waals surface area contributed by atoms with E-state index in [1.54, 1.807) is 0 Å². The van der Waals surface area contributed by atoms with Gasteiger partial charge in [0.2, 0.25) is 0 Å². The van der Waals surface area contributed by atoms with Crippen LogP contribution in [-0.4, -0.2) is 0 Å². The Bertz CT molecular complexity index is 471. The zero-order chi connectivity index (χ0) is 9.59. The van der Waals surface area contributed by atoms with Crippen LogP contribution in [0.4, 0.5) is 0 Å². The smallest absolute Gasteiger partial charge is 0.136 e. The molecule has 0 spiro atoms. The maximum Gasteiger partial charge on any atom is 0.136 e. The van der Waals surface area contributed by atoms with Gasteiger partial charge in [-0.1, -0.05) is 15.9 Å². The average Bonchev–Trinajstić information content (AvgIpc) is 2.42. The topological polar surface area (TPSA) is 13.1 Å². The van der Waals surface area contributed by atoms with Gasteiger partial charge >= 0.3 is 0 Å². The highest BCUT2D eigenvalue weighted by atomic mass is 79.9. The van der Waals surface area contributed by atoms with Crippen LogP contribution in [0, 0.1) is 13.8 Å². The molecule has 0 bridgehead atoms. The Morgan fingerprint density at radius 2 is 1.85 bits per heavy atom. The van der Waals surface area contributed by atoms with E-state index in [1.165, 1.54) is 5.56 Å². The second-order valence-electron chi connectivity index (χ2n) is 3.07. The lowest BCUT2D eigenvalue weighted by atomic mass is 10.2. The van der Waals surface area contributed by atoms with Gasteiger partial charge < -0.3 is 4.42 Å². The fourth-order valence-corrected chi connectivity index (χ4v) is 2.54. The van der Waals surface area contributed by atoms with E-state index in [4.69, 9.17) is 4.42 Å². The van der Waals surface area contributed by atoms with Crippen molar-refractivity contribution >= 4 is 42.8 Å². The molecular weight excluding hydrogens is 296 g/mol. The van der Waals surface area contributed by atoms with Crippen LogP contribution in [0.15, 0.2) is 25.5 Å². The maximum atomic E-state index is 5.52. The quantitative estimate of drug-likeness (QED) is 0.694. The van der Waals surface area contributed by atoms with Crippen LogP contribution < -0.4 is 0 Å². The summed E-state index contributed by atoms with van der Waals surface area (Å²) in [5, 5.41) is 1.14. The molecule has 2 rings (SSSR count). The number of hydrogen-bond acceptors (Lipinski definition) is 1. The lowest BCUT2D eigenvalue weighted by Crippen LogP contribution is -1.78. The summed E-state index contributed by atoms with van der Waals surface area (Å²) in [5.41, 5.74) is 2.12. The second-order valence-corrected chi connectivity index (χ2v) is 4.71. The van der Waals surface area contributed by atoms with Crippen molar-refractivity contribution in [3.05, 3.63) is 32.4 Å². The Morgan fingerprint density at radius 1 is 1.15 bits per heavy atom. The Balaban J connectivity index is 2.92. The molecule has 0 atom stereocenters. The lowest BCUT2D eigenvalue weighted by molar-refractivity contribution is 0.578. The van der Waals surface area contributed by atoms with Gasteiger partial charge in [0, 0.05) is 14.3 Å². The van der Waals surface area contributed by atoms with Gasteiger partial charge in [0.25, 0.3) is 0 Å². The van der Waals surface area contributed by atoms with Gasteiger partial charge in [-0.3, -0.25) is 0 Å². The molecule has 1 aromatic carbocycles. The highest BCUT2D eigenvalue weighted by Crippen LogP contribution is 2.34. The first-order chi connectivity index (χ1) is 6.09. The van der Waals surface area contributed by atoms with E-state index in [9.17, 15) is 0 Å². The van der Waals surface area contributed by atoms with Crippen LogP contribution >= 0.6 is 31.9 Å². The number of benzene rings is 1. The summed E-state index contributed by atoms with van der Waals surface area (Å²) >= 11 is 7.04. The molecule has 13 heavy (non-hydrogen) atoms. The third kappa shape index (κ3) is 1.44. The highest BCUT2D eigenvalue weighted by molar-refractivity contribution is 9.11. The standard InChI is InChI=1S/C10H8Br2O/c1-5-3-7-9(13-5)4-8(11)6(2)10(7)12/h3-4H,1-2H3. The van der Waals surface area contributed by atoms with E-state index < -0.39 is 0 Å². The summed E-state index contributed by atoms with van der Waals surface area (Å²) in [6.07, 6.45) is 0. The molecular formula is C10H8Br2O. The molecule has 68 valence electrons. The molecule has 1 nitrogen and oxygen atoms in total. The van der Waals surface area contributed by atoms with Crippen molar-refractivity contribution in [2.24, 2.45) is 0 Å². The van der Waals surface area contributed by atoms with Crippen LogP contribution in [0.1, 0.15) is 11.3 Å². The van der Waals surface area contributed by atoms with Crippen molar-refractivity contribution in [1.82, 2.24) is 0 Å². The van der Waals surface area contributed by atoms with Gasteiger partial charge in [0.1, 0.15) is 11.3 Å². The van der Waals surface area contributed by atoms with Gasteiger partial charge in [-0.2, -0.15) is 0 Å². The molecule has 0 aliphatic rings. The summed E-state index contributed by atoms with van der Waals surface area (Å²) in [6, 6.07) is 4.04. The zero-order valence-corrected chi connectivity index (χ0v) is 10.5. The van der Waals surface area contributed by atoms with Gasteiger partial charge in [-0.05, 0) is 47.5 Å². The van der Waals surface area contributed by atoms with Crippen molar-refractivity contribution in [2.75, 3.05) is 0 Å². The van der Waals surface area contributed by atoms with Crippen LogP contribution in [0.25, 0.3) is 11.0 Å². The Morgan fingerprint density at radius 3 is 2.54 bits per heavy atom. The largest absolute Gasteiger partial charge is 0.461 e. The van der Waals surface area contributed by atoms with E-state index in [0.29, 0.717) is 0 Å². The van der Waals surface area contributed by atoms with Gasteiger partial charge in [-0.25, -0.2) is 0 Å². The first kappa shape index (κ1) is 9.28. The summed E-state index contributed by atoms with van der Waals surface area (Å²) in [5.74, 6) is 0.938. The van der Waals surface area contributed by atoms with Gasteiger partial charge in [-0.15, -0.1) is 0 Å². The van der Waals surface area contributed by atoms with Crippen molar-refractivity contribution in [2.45, 2.75) is 13.8 Å². The van der Waals surface area contributed by atoms with Crippen molar-refractivity contribution in [1.29, 1.82) is 0 Å². The third-order valence-corrected chi connectivity index (χ3v) is 3.91. The van der Waals surface area contributed by atoms with E-state index >= 15 is 0 Å². The molecule has 1 heterocycles. The number of fused-ring (bicyclic) bond motifs is 1. The number of aryl methyl sites for hydroxylation is 1. The summed E-state index contributed by atoms with van der Waals surface area (Å²) in [7, 11) is 0. The van der Waals surface area contributed by atoms with Crippen molar-refractivity contribution < 1.29 is 4.42 Å². The van der Waals surface area contributed by atoms with E-state index in [0.717, 1.165) is 25.7 Å². The normalized spacial score (nSPS) is 11.1. The SMILES string of the molecule is Cc1cc2c(Br)c(C)c(Br)cc2o1. The molecule has 0 radical (unpaired) electrons. The number of hydrogen-bond donors (Lipinski definition) is 0. The molecule has 0 fully saturated rings. The first-order valence-electron chi connectivity index (χ1n) is 3.94. The van der Waals surface area contributed by atoms with Crippen molar-refractivity contribution in [3.8, 4) is 0 Å². The lowest BCUT2D eigenvalue weighted by Gasteiger charge is -2.01. The molecule has 0 saturated carbocycles. The minimum absolute atomic E-state index is 0.918. The summed E-state index contributed by atoms with van der Waals surface area (Å²) in [4.78, 5) is 0. The molecule has 0 unspecified atom stereocenters. The molecule has 0 saturated heterocycles. The Labute approximate surface area is 93.4 Å². The van der Waals surface area contributed by atoms with E-state index in [1.807, 2.05) is 19.1 Å². The van der Waals surface area contributed by atoms with Crippen LogP contribution in [0.3, 0.4) is 0 Å². The fourth-order valence-electron chi connectivity index (χ4n) is 1.34. The minimum atomic E-state index is 0.918. The first-order valence-corrected chi connectivity index (χ1v) is 5.53. The molecule has 0 N–H and O–H groups in total. The number of rotatable bonds is 0. The predicted molar refractivity (Wildman–Crippen MR) is 61.1 cm³/mol. The third-order valence-electron chi connectivity index (χ3n) is 2.07. The second kappa shape index (κ2) is 3.14. The van der Waals surface area contributed by atoms with Crippen LogP contribution in [0.2, 0.25) is 0 Å². The number of furan rings is 1. The van der Waals surface area contributed by atoms with Gasteiger partial charge in [0.15, 0.2) is 0 Å². The van der Waals surface area contributed by atoms with Gasteiger partial charge in [0.05, 0.1) is 0 Å². The number of halogens is 2. The average molecular weight is 304 g/mol. The molecule has 2 aromatic rings. The predicted octanol–water partition coefficient (Wildman–Crippen LogP) is 4.57.